The highest BCUT2D eigenvalue weighted by Crippen LogP contribution is 2.30. The fourth-order valence-electron chi connectivity index (χ4n) is 3.14. The van der Waals surface area contributed by atoms with E-state index in [1.807, 2.05) is 0 Å². The zero-order valence-electron chi connectivity index (χ0n) is 16.1. The number of anilines is 1. The molecule has 1 amide bonds. The van der Waals surface area contributed by atoms with Crippen LogP contribution >= 0.6 is 0 Å². The lowest BCUT2D eigenvalue weighted by Gasteiger charge is -2.15. The normalized spacial score (nSPS) is 15.2. The number of nitrogens with one attached hydrogen (secondary N) is 2. The predicted octanol–water partition coefficient (Wildman–Crippen LogP) is 3.57. The van der Waals surface area contributed by atoms with Gasteiger partial charge in [0.15, 0.2) is 0 Å². The summed E-state index contributed by atoms with van der Waals surface area (Å²) in [4.78, 5) is 12.2. The van der Waals surface area contributed by atoms with Crippen molar-refractivity contribution in [3.63, 3.8) is 0 Å². The Hall–Kier alpha value is -2.59. The van der Waals surface area contributed by atoms with Crippen LogP contribution in [0.25, 0.3) is 0 Å². The maximum atomic E-state index is 12.7. The number of amides is 1. The minimum Gasteiger partial charge on any atom is -0.299 e. The van der Waals surface area contributed by atoms with Gasteiger partial charge in [-0.3, -0.25) is 15.6 Å². The summed E-state index contributed by atoms with van der Waals surface area (Å²) in [5, 5.41) is 0. The summed E-state index contributed by atoms with van der Waals surface area (Å²) in [5.41, 5.74) is 4.92. The van der Waals surface area contributed by atoms with Crippen molar-refractivity contribution >= 4 is 21.6 Å². The lowest BCUT2D eigenvalue weighted by Crippen LogP contribution is -2.29. The highest BCUT2D eigenvalue weighted by Gasteiger charge is 2.30. The molecule has 2 aromatic rings. The third-order valence-electron chi connectivity index (χ3n) is 4.80. The summed E-state index contributed by atoms with van der Waals surface area (Å²) < 4.78 is 64.6. The quantitative estimate of drug-likeness (QED) is 0.644. The van der Waals surface area contributed by atoms with E-state index in [0.29, 0.717) is 19.5 Å². The number of sulfonamides is 1. The average molecular weight is 441 g/mol. The van der Waals surface area contributed by atoms with Crippen LogP contribution in [0.3, 0.4) is 0 Å². The monoisotopic (exact) mass is 441 g/mol. The predicted molar refractivity (Wildman–Crippen MR) is 106 cm³/mol. The Morgan fingerprint density at radius 3 is 2.33 bits per heavy atom. The topological polar surface area (TPSA) is 78.5 Å². The number of benzene rings is 2. The Labute approximate surface area is 173 Å². The standard InChI is InChI=1S/C20H22F3N3O3S/c21-20(22,23)16-4-3-5-17(14-16)24-25-19(27)11-8-15-6-9-18(10-7-15)30(28,29)26-12-1-2-13-26/h3-7,9-10,14,24H,1-2,8,11-13H2,(H,25,27). The van der Waals surface area contributed by atoms with Gasteiger partial charge in [-0.2, -0.15) is 17.5 Å². The van der Waals surface area contributed by atoms with Crippen molar-refractivity contribution in [2.24, 2.45) is 0 Å². The molecule has 1 aliphatic rings. The molecular formula is C20H22F3N3O3S. The first-order valence-electron chi connectivity index (χ1n) is 9.47. The van der Waals surface area contributed by atoms with Gasteiger partial charge < -0.3 is 0 Å². The molecule has 0 aliphatic carbocycles. The lowest BCUT2D eigenvalue weighted by molar-refractivity contribution is -0.137. The van der Waals surface area contributed by atoms with Gasteiger partial charge >= 0.3 is 6.18 Å². The van der Waals surface area contributed by atoms with Crippen LogP contribution in [0.5, 0.6) is 0 Å². The molecule has 1 saturated heterocycles. The SMILES string of the molecule is O=C(CCc1ccc(S(=O)(=O)N2CCCC2)cc1)NNc1cccc(C(F)(F)F)c1. The second-order valence-electron chi connectivity index (χ2n) is 7.01. The molecule has 0 radical (unpaired) electrons. The molecule has 30 heavy (non-hydrogen) atoms. The molecule has 2 aromatic carbocycles. The summed E-state index contributed by atoms with van der Waals surface area (Å²) in [7, 11) is -3.48. The van der Waals surface area contributed by atoms with Crippen LogP contribution in [0, 0.1) is 0 Å². The van der Waals surface area contributed by atoms with Gasteiger partial charge in [0.2, 0.25) is 15.9 Å². The highest BCUT2D eigenvalue weighted by molar-refractivity contribution is 7.89. The number of rotatable bonds is 7. The Kier molecular flexibility index (Phi) is 6.67. The van der Waals surface area contributed by atoms with Gasteiger partial charge in [0.25, 0.3) is 0 Å². The molecule has 162 valence electrons. The summed E-state index contributed by atoms with van der Waals surface area (Å²) in [5.74, 6) is -0.402. The molecule has 1 fully saturated rings. The fraction of sp³-hybridized carbons (Fsp3) is 0.350. The minimum atomic E-state index is -4.46. The van der Waals surface area contributed by atoms with E-state index in [2.05, 4.69) is 10.9 Å². The number of hydrogen-bond acceptors (Lipinski definition) is 4. The lowest BCUT2D eigenvalue weighted by atomic mass is 10.1. The summed E-state index contributed by atoms with van der Waals surface area (Å²) in [6.45, 7) is 1.06. The Bertz CT molecular complexity index is 986. The summed E-state index contributed by atoms with van der Waals surface area (Å²) in [6.07, 6.45) is -2.29. The van der Waals surface area contributed by atoms with Crippen molar-refractivity contribution in [3.05, 3.63) is 59.7 Å². The van der Waals surface area contributed by atoms with Gasteiger partial charge in [-0.1, -0.05) is 18.2 Å². The zero-order valence-corrected chi connectivity index (χ0v) is 16.9. The van der Waals surface area contributed by atoms with Gasteiger partial charge in [0.05, 0.1) is 16.1 Å². The third-order valence-corrected chi connectivity index (χ3v) is 6.72. The van der Waals surface area contributed by atoms with Gasteiger partial charge in [-0.05, 0) is 55.2 Å². The minimum absolute atomic E-state index is 0.0875. The molecular weight excluding hydrogens is 419 g/mol. The van der Waals surface area contributed by atoms with Crippen LogP contribution in [0.1, 0.15) is 30.4 Å². The number of carbonyl (C=O) groups is 1. The molecule has 10 heteroatoms. The summed E-state index contributed by atoms with van der Waals surface area (Å²) in [6, 6.07) is 10.9. The number of hydrogen-bond donors (Lipinski definition) is 2. The van der Waals surface area contributed by atoms with Crippen molar-refractivity contribution in [1.29, 1.82) is 0 Å². The van der Waals surface area contributed by atoms with Crippen molar-refractivity contribution in [2.45, 2.75) is 36.8 Å². The smallest absolute Gasteiger partial charge is 0.299 e. The molecule has 0 saturated carbocycles. The van der Waals surface area contributed by atoms with E-state index in [4.69, 9.17) is 0 Å². The first-order valence-corrected chi connectivity index (χ1v) is 10.9. The first-order chi connectivity index (χ1) is 14.2. The molecule has 0 spiro atoms. The van der Waals surface area contributed by atoms with E-state index in [9.17, 15) is 26.4 Å². The number of alkyl halides is 3. The largest absolute Gasteiger partial charge is 0.416 e. The molecule has 6 nitrogen and oxygen atoms in total. The van der Waals surface area contributed by atoms with Gasteiger partial charge in [-0.25, -0.2) is 8.42 Å². The average Bonchev–Trinajstić information content (AvgIpc) is 3.26. The number of aryl methyl sites for hydroxylation is 1. The highest BCUT2D eigenvalue weighted by atomic mass is 32.2. The van der Waals surface area contributed by atoms with Crippen LogP contribution in [0.4, 0.5) is 18.9 Å². The number of halogens is 3. The summed E-state index contributed by atoms with van der Waals surface area (Å²) >= 11 is 0. The van der Waals surface area contributed by atoms with Gasteiger partial charge in [0.1, 0.15) is 0 Å². The second kappa shape index (κ2) is 9.05. The van der Waals surface area contributed by atoms with E-state index in [-0.39, 0.29) is 17.0 Å². The van der Waals surface area contributed by atoms with Crippen LogP contribution in [0.2, 0.25) is 0 Å². The number of hydrazine groups is 1. The maximum Gasteiger partial charge on any atom is 0.416 e. The molecule has 0 atom stereocenters. The van der Waals surface area contributed by atoms with E-state index in [1.165, 1.54) is 28.6 Å². The van der Waals surface area contributed by atoms with Crippen molar-refractivity contribution < 1.29 is 26.4 Å². The van der Waals surface area contributed by atoms with E-state index in [1.54, 1.807) is 12.1 Å². The molecule has 1 aliphatic heterocycles. The number of carbonyl (C=O) groups excluding carboxylic acids is 1. The van der Waals surface area contributed by atoms with Gasteiger partial charge in [0, 0.05) is 19.5 Å². The van der Waals surface area contributed by atoms with Crippen LogP contribution in [0.15, 0.2) is 53.4 Å². The second-order valence-corrected chi connectivity index (χ2v) is 8.94. The third kappa shape index (κ3) is 5.51. The molecule has 2 N–H and O–H groups in total. The Morgan fingerprint density at radius 1 is 1.03 bits per heavy atom. The van der Waals surface area contributed by atoms with Crippen LogP contribution < -0.4 is 10.9 Å². The number of nitrogens with zero attached hydrogens (tertiary/aromatic N) is 1. The Balaban J connectivity index is 1.50. The van der Waals surface area contributed by atoms with E-state index in [0.717, 1.165) is 30.5 Å². The molecule has 3 rings (SSSR count). The Morgan fingerprint density at radius 2 is 1.70 bits per heavy atom. The first kappa shape index (κ1) is 22.1. The fourth-order valence-corrected chi connectivity index (χ4v) is 4.66. The van der Waals surface area contributed by atoms with Crippen molar-refractivity contribution in [2.75, 3.05) is 18.5 Å². The van der Waals surface area contributed by atoms with E-state index >= 15 is 0 Å². The van der Waals surface area contributed by atoms with Crippen LogP contribution in [-0.4, -0.2) is 31.7 Å². The van der Waals surface area contributed by atoms with Crippen molar-refractivity contribution in [1.82, 2.24) is 9.73 Å². The zero-order chi connectivity index (χ0) is 21.8. The van der Waals surface area contributed by atoms with Gasteiger partial charge in [-0.15, -0.1) is 0 Å². The van der Waals surface area contributed by atoms with Crippen molar-refractivity contribution in [3.8, 4) is 0 Å². The van der Waals surface area contributed by atoms with E-state index < -0.39 is 27.7 Å². The maximum absolute atomic E-state index is 12.7. The molecule has 0 bridgehead atoms. The molecule has 0 unspecified atom stereocenters. The molecule has 1 heterocycles. The molecule has 0 aromatic heterocycles. The van der Waals surface area contributed by atoms with Crippen LogP contribution in [-0.2, 0) is 27.4 Å².